The summed E-state index contributed by atoms with van der Waals surface area (Å²) >= 11 is 0. The van der Waals surface area contributed by atoms with Crippen LogP contribution in [0.3, 0.4) is 0 Å². The summed E-state index contributed by atoms with van der Waals surface area (Å²) in [4.78, 5) is 0. The van der Waals surface area contributed by atoms with Crippen LogP contribution in [0.1, 0.15) is 6.42 Å². The monoisotopic (exact) mass is 163 g/mol. The molecule has 0 saturated carbocycles. The van der Waals surface area contributed by atoms with E-state index in [-0.39, 0.29) is 0 Å². The van der Waals surface area contributed by atoms with Crippen LogP contribution in [0, 0.1) is 5.41 Å². The first-order chi connectivity index (χ1) is 5.16. The van der Waals surface area contributed by atoms with Gasteiger partial charge >= 0.3 is 0 Å². The molecule has 2 saturated heterocycles. The highest BCUT2D eigenvalue weighted by Gasteiger charge is 2.58. The van der Waals surface area contributed by atoms with Gasteiger partial charge in [-0.3, -0.25) is 0 Å². The van der Waals surface area contributed by atoms with Gasteiger partial charge in [0, 0.05) is 19.7 Å². The number of rotatable bonds is 0. The Morgan fingerprint density at radius 1 is 1.27 bits per heavy atom. The van der Waals surface area contributed by atoms with Crippen molar-refractivity contribution in [3.8, 4) is 0 Å². The second kappa shape index (κ2) is 2.14. The zero-order valence-corrected chi connectivity index (χ0v) is 6.20. The Balaban J connectivity index is 2.15. The molecule has 2 rings (SSSR count). The van der Waals surface area contributed by atoms with Gasteiger partial charge in [0.1, 0.15) is 6.61 Å². The third-order valence-electron chi connectivity index (χ3n) is 2.71. The molecule has 0 atom stereocenters. The first-order valence-electron chi connectivity index (χ1n) is 3.83. The standard InChI is InChI=1S/C7H11F2NO/c8-7(9)5-11-2-1-6(7)3-10-4-6/h10H,1-5H2. The van der Waals surface area contributed by atoms with Crippen LogP contribution in [0.25, 0.3) is 0 Å². The smallest absolute Gasteiger partial charge is 0.278 e. The minimum absolute atomic E-state index is 0.394. The lowest BCUT2D eigenvalue weighted by atomic mass is 9.72. The lowest BCUT2D eigenvalue weighted by Gasteiger charge is -2.50. The maximum absolute atomic E-state index is 13.1. The molecule has 2 nitrogen and oxygen atoms in total. The number of nitrogens with one attached hydrogen (secondary N) is 1. The summed E-state index contributed by atoms with van der Waals surface area (Å²) in [6, 6.07) is 0. The Kier molecular flexibility index (Phi) is 1.44. The molecule has 0 aromatic heterocycles. The van der Waals surface area contributed by atoms with Gasteiger partial charge in [0.2, 0.25) is 0 Å². The van der Waals surface area contributed by atoms with Crippen LogP contribution < -0.4 is 5.32 Å². The van der Waals surface area contributed by atoms with Crippen LogP contribution in [0.4, 0.5) is 8.78 Å². The third kappa shape index (κ3) is 0.891. The number of alkyl halides is 2. The molecule has 0 amide bonds. The van der Waals surface area contributed by atoms with Crippen molar-refractivity contribution in [2.24, 2.45) is 5.41 Å². The summed E-state index contributed by atoms with van der Waals surface area (Å²) in [6.07, 6.45) is 0.493. The highest BCUT2D eigenvalue weighted by Crippen LogP contribution is 2.45. The molecule has 0 aromatic carbocycles. The van der Waals surface area contributed by atoms with Crippen LogP contribution in [0.15, 0.2) is 0 Å². The SMILES string of the molecule is FC1(F)COCCC12CNC2. The number of hydrogen-bond acceptors (Lipinski definition) is 2. The van der Waals surface area contributed by atoms with E-state index < -0.39 is 17.9 Å². The molecule has 0 aromatic rings. The highest BCUT2D eigenvalue weighted by molar-refractivity contribution is 5.03. The van der Waals surface area contributed by atoms with Gasteiger partial charge in [0.15, 0.2) is 0 Å². The minimum atomic E-state index is -2.61. The Bertz CT molecular complexity index is 168. The van der Waals surface area contributed by atoms with Gasteiger partial charge in [-0.15, -0.1) is 0 Å². The topological polar surface area (TPSA) is 21.3 Å². The molecule has 11 heavy (non-hydrogen) atoms. The predicted octanol–water partition coefficient (Wildman–Crippen LogP) is 0.632. The lowest BCUT2D eigenvalue weighted by molar-refractivity contribution is -0.221. The zero-order chi connectivity index (χ0) is 7.95. The second-order valence-electron chi connectivity index (χ2n) is 3.39. The van der Waals surface area contributed by atoms with E-state index in [0.29, 0.717) is 26.1 Å². The second-order valence-corrected chi connectivity index (χ2v) is 3.39. The maximum Gasteiger partial charge on any atom is 0.278 e. The van der Waals surface area contributed by atoms with Crippen LogP contribution in [-0.4, -0.2) is 32.2 Å². The molecule has 2 fully saturated rings. The van der Waals surface area contributed by atoms with Gasteiger partial charge in [-0.2, -0.15) is 0 Å². The van der Waals surface area contributed by atoms with Crippen molar-refractivity contribution in [3.63, 3.8) is 0 Å². The van der Waals surface area contributed by atoms with Crippen molar-refractivity contribution in [2.45, 2.75) is 12.3 Å². The molecule has 0 unspecified atom stereocenters. The van der Waals surface area contributed by atoms with Crippen molar-refractivity contribution < 1.29 is 13.5 Å². The molecule has 0 radical (unpaired) electrons. The van der Waals surface area contributed by atoms with E-state index in [0.717, 1.165) is 0 Å². The number of halogens is 2. The van der Waals surface area contributed by atoms with Crippen LogP contribution >= 0.6 is 0 Å². The predicted molar refractivity (Wildman–Crippen MR) is 35.7 cm³/mol. The van der Waals surface area contributed by atoms with Crippen molar-refractivity contribution in [1.82, 2.24) is 5.32 Å². The molecular weight excluding hydrogens is 152 g/mol. The van der Waals surface area contributed by atoms with Crippen molar-refractivity contribution in [3.05, 3.63) is 0 Å². The average Bonchev–Trinajstić information content (AvgIpc) is 1.83. The third-order valence-corrected chi connectivity index (χ3v) is 2.71. The van der Waals surface area contributed by atoms with E-state index in [9.17, 15) is 8.78 Å². The minimum Gasteiger partial charge on any atom is -0.375 e. The number of hydrogen-bond donors (Lipinski definition) is 1. The summed E-state index contributed by atoms with van der Waals surface area (Å²) in [6.45, 7) is 0.985. The summed E-state index contributed by atoms with van der Waals surface area (Å²) in [5, 5.41) is 2.89. The summed E-state index contributed by atoms with van der Waals surface area (Å²) in [7, 11) is 0. The fourth-order valence-corrected chi connectivity index (χ4v) is 1.67. The molecule has 0 bridgehead atoms. The average molecular weight is 163 g/mol. The van der Waals surface area contributed by atoms with Gasteiger partial charge in [-0.05, 0) is 6.42 Å². The number of ether oxygens (including phenoxy) is 1. The molecule has 1 N–H and O–H groups in total. The molecule has 64 valence electrons. The molecular formula is C7H11F2NO. The van der Waals surface area contributed by atoms with Gasteiger partial charge in [0.25, 0.3) is 5.92 Å². The molecule has 2 heterocycles. The Morgan fingerprint density at radius 2 is 2.00 bits per heavy atom. The fraction of sp³-hybridized carbons (Fsp3) is 1.00. The first kappa shape index (κ1) is 7.43. The van der Waals surface area contributed by atoms with E-state index in [4.69, 9.17) is 4.74 Å². The van der Waals surface area contributed by atoms with Crippen molar-refractivity contribution in [2.75, 3.05) is 26.3 Å². The Hall–Kier alpha value is -0.220. The lowest BCUT2D eigenvalue weighted by Crippen LogP contribution is -2.66. The highest BCUT2D eigenvalue weighted by atomic mass is 19.3. The van der Waals surface area contributed by atoms with E-state index in [1.54, 1.807) is 0 Å². The zero-order valence-electron chi connectivity index (χ0n) is 6.20. The van der Waals surface area contributed by atoms with Crippen LogP contribution in [0.5, 0.6) is 0 Å². The van der Waals surface area contributed by atoms with Gasteiger partial charge in [-0.1, -0.05) is 0 Å². The molecule has 4 heteroatoms. The normalized spacial score (nSPS) is 33.3. The molecule has 1 spiro atoms. The largest absolute Gasteiger partial charge is 0.375 e. The molecule has 2 aliphatic heterocycles. The fourth-order valence-electron chi connectivity index (χ4n) is 1.67. The van der Waals surface area contributed by atoms with Gasteiger partial charge in [0.05, 0.1) is 5.41 Å². The molecule has 2 aliphatic rings. The van der Waals surface area contributed by atoms with Crippen LogP contribution in [-0.2, 0) is 4.74 Å². The van der Waals surface area contributed by atoms with Crippen molar-refractivity contribution >= 4 is 0 Å². The van der Waals surface area contributed by atoms with Crippen molar-refractivity contribution in [1.29, 1.82) is 0 Å². The summed E-state index contributed by atoms with van der Waals surface area (Å²) in [5.74, 6) is -2.61. The van der Waals surface area contributed by atoms with E-state index in [1.807, 2.05) is 0 Å². The van der Waals surface area contributed by atoms with E-state index in [1.165, 1.54) is 0 Å². The van der Waals surface area contributed by atoms with E-state index >= 15 is 0 Å². The Morgan fingerprint density at radius 3 is 2.36 bits per heavy atom. The van der Waals surface area contributed by atoms with Gasteiger partial charge in [-0.25, -0.2) is 8.78 Å². The first-order valence-corrected chi connectivity index (χ1v) is 3.83. The summed E-state index contributed by atoms with van der Waals surface area (Å²) in [5.41, 5.74) is -0.773. The Labute approximate surface area is 63.9 Å². The van der Waals surface area contributed by atoms with Gasteiger partial charge < -0.3 is 10.1 Å². The quantitative estimate of drug-likeness (QED) is 0.565. The molecule has 0 aliphatic carbocycles. The van der Waals surface area contributed by atoms with E-state index in [2.05, 4.69) is 5.32 Å². The van der Waals surface area contributed by atoms with Crippen LogP contribution in [0.2, 0.25) is 0 Å². The maximum atomic E-state index is 13.1. The summed E-state index contributed by atoms with van der Waals surface area (Å²) < 4.78 is 31.0.